The molecule has 0 spiro atoms. The first-order chi connectivity index (χ1) is 11.3. The smallest absolute Gasteiger partial charge is 0.350 e. The van der Waals surface area contributed by atoms with Crippen LogP contribution >= 0.6 is 11.3 Å². The Morgan fingerprint density at radius 3 is 2.33 bits per heavy atom. The number of amides is 1. The molecule has 1 aromatic carbocycles. The highest BCUT2D eigenvalue weighted by atomic mass is 32.1. The van der Waals surface area contributed by atoms with Gasteiger partial charge >= 0.3 is 5.97 Å². The zero-order valence-corrected chi connectivity index (χ0v) is 15.1. The van der Waals surface area contributed by atoms with Gasteiger partial charge in [-0.3, -0.25) is 4.79 Å². The molecule has 2 rings (SSSR count). The van der Waals surface area contributed by atoms with Crippen molar-refractivity contribution in [3.63, 3.8) is 0 Å². The molecule has 0 unspecified atom stereocenters. The second-order valence-corrected chi connectivity index (χ2v) is 6.73. The molecule has 0 aliphatic carbocycles. The van der Waals surface area contributed by atoms with Crippen molar-refractivity contribution in [2.24, 2.45) is 0 Å². The van der Waals surface area contributed by atoms with E-state index < -0.39 is 11.4 Å². The van der Waals surface area contributed by atoms with E-state index in [1.165, 1.54) is 7.11 Å². The molecule has 7 heteroatoms. The second-order valence-electron chi connectivity index (χ2n) is 5.73. The number of esters is 1. The number of nitrogens with zero attached hydrogens (tertiary/aromatic N) is 1. The van der Waals surface area contributed by atoms with E-state index in [-0.39, 0.29) is 5.91 Å². The summed E-state index contributed by atoms with van der Waals surface area (Å²) in [4.78, 5) is 28.9. The molecule has 128 valence electrons. The van der Waals surface area contributed by atoms with Crippen molar-refractivity contribution in [3.05, 3.63) is 40.4 Å². The Labute approximate surface area is 144 Å². The van der Waals surface area contributed by atoms with Crippen LogP contribution < -0.4 is 10.1 Å². The predicted octanol–water partition coefficient (Wildman–Crippen LogP) is 3.16. The molecule has 1 heterocycles. The highest BCUT2D eigenvalue weighted by Gasteiger charge is 2.31. The number of anilines is 1. The zero-order chi connectivity index (χ0) is 17.9. The van der Waals surface area contributed by atoms with E-state index in [1.54, 1.807) is 14.0 Å². The third kappa shape index (κ3) is 3.56. The van der Waals surface area contributed by atoms with Gasteiger partial charge in [0.1, 0.15) is 10.6 Å². The molecule has 0 radical (unpaired) electrons. The Morgan fingerprint density at radius 1 is 1.17 bits per heavy atom. The molecule has 24 heavy (non-hydrogen) atoms. The fourth-order valence-electron chi connectivity index (χ4n) is 2.12. The number of methoxy groups -OCH3 is 2. The fourth-order valence-corrected chi connectivity index (χ4v) is 3.00. The van der Waals surface area contributed by atoms with Gasteiger partial charge in [0.05, 0.1) is 25.3 Å². The first kappa shape index (κ1) is 17.9. The molecule has 2 aromatic rings. The number of carbonyl (C=O) groups excluding carboxylic acids is 2. The van der Waals surface area contributed by atoms with Gasteiger partial charge in [0.25, 0.3) is 0 Å². The van der Waals surface area contributed by atoms with Gasteiger partial charge in [0, 0.05) is 0 Å². The molecule has 1 N–H and O–H groups in total. The maximum Gasteiger partial charge on any atom is 0.350 e. The maximum atomic E-state index is 12.7. The minimum atomic E-state index is -0.767. The van der Waals surface area contributed by atoms with Gasteiger partial charge in [-0.1, -0.05) is 23.5 Å². The van der Waals surface area contributed by atoms with Crippen LogP contribution in [0, 0.1) is 6.92 Å². The van der Waals surface area contributed by atoms with Crippen molar-refractivity contribution in [1.29, 1.82) is 0 Å². The summed E-state index contributed by atoms with van der Waals surface area (Å²) in [6, 6.07) is 7.33. The van der Waals surface area contributed by atoms with E-state index in [2.05, 4.69) is 10.3 Å². The van der Waals surface area contributed by atoms with Crippen molar-refractivity contribution in [1.82, 2.24) is 4.98 Å². The van der Waals surface area contributed by atoms with E-state index >= 15 is 0 Å². The summed E-state index contributed by atoms with van der Waals surface area (Å²) in [5, 5.41) is 3.15. The SMILES string of the molecule is COC(=O)c1sc(NC(=O)C(C)(C)c2ccc(OC)cc2)nc1C. The molecule has 0 saturated heterocycles. The minimum absolute atomic E-state index is 0.210. The Balaban J connectivity index is 2.19. The number of hydrogen-bond donors (Lipinski definition) is 1. The van der Waals surface area contributed by atoms with Crippen LogP contribution in [-0.2, 0) is 14.9 Å². The predicted molar refractivity (Wildman–Crippen MR) is 92.8 cm³/mol. The lowest BCUT2D eigenvalue weighted by Gasteiger charge is -2.23. The van der Waals surface area contributed by atoms with Crippen molar-refractivity contribution in [3.8, 4) is 5.75 Å². The van der Waals surface area contributed by atoms with Gasteiger partial charge in [-0.2, -0.15) is 0 Å². The van der Waals surface area contributed by atoms with Gasteiger partial charge in [0.2, 0.25) is 5.91 Å². The van der Waals surface area contributed by atoms with Gasteiger partial charge in [-0.15, -0.1) is 0 Å². The molecular formula is C17H20N2O4S. The van der Waals surface area contributed by atoms with Crippen LogP contribution in [0.15, 0.2) is 24.3 Å². The molecular weight excluding hydrogens is 328 g/mol. The minimum Gasteiger partial charge on any atom is -0.497 e. The van der Waals surface area contributed by atoms with E-state index in [4.69, 9.17) is 9.47 Å². The Bertz CT molecular complexity index is 750. The van der Waals surface area contributed by atoms with Crippen LogP contribution in [0.1, 0.15) is 34.8 Å². The zero-order valence-electron chi connectivity index (χ0n) is 14.3. The Kier molecular flexibility index (Phi) is 5.23. The largest absolute Gasteiger partial charge is 0.497 e. The van der Waals surface area contributed by atoms with Gasteiger partial charge in [0.15, 0.2) is 5.13 Å². The van der Waals surface area contributed by atoms with E-state index in [9.17, 15) is 9.59 Å². The van der Waals surface area contributed by atoms with Gasteiger partial charge < -0.3 is 14.8 Å². The van der Waals surface area contributed by atoms with Crippen LogP contribution in [0.25, 0.3) is 0 Å². The van der Waals surface area contributed by atoms with Crippen LogP contribution in [0.5, 0.6) is 5.75 Å². The van der Waals surface area contributed by atoms with Gasteiger partial charge in [-0.05, 0) is 38.5 Å². The summed E-state index contributed by atoms with van der Waals surface area (Å²) in [5.41, 5.74) is 0.615. The average molecular weight is 348 g/mol. The number of ether oxygens (including phenoxy) is 2. The van der Waals surface area contributed by atoms with Crippen molar-refractivity contribution in [2.45, 2.75) is 26.2 Å². The molecule has 6 nitrogen and oxygen atoms in total. The second kappa shape index (κ2) is 7.00. The first-order valence-corrected chi connectivity index (χ1v) is 8.13. The number of thiazole rings is 1. The molecule has 1 aromatic heterocycles. The molecule has 0 atom stereocenters. The summed E-state index contributed by atoms with van der Waals surface area (Å²) < 4.78 is 9.84. The lowest BCUT2D eigenvalue weighted by Crippen LogP contribution is -2.34. The highest BCUT2D eigenvalue weighted by molar-refractivity contribution is 7.17. The molecule has 0 bridgehead atoms. The Morgan fingerprint density at radius 2 is 1.79 bits per heavy atom. The van der Waals surface area contributed by atoms with Crippen molar-refractivity contribution < 1.29 is 19.1 Å². The number of nitrogens with one attached hydrogen (secondary N) is 1. The number of carbonyl (C=O) groups is 2. The quantitative estimate of drug-likeness (QED) is 0.840. The lowest BCUT2D eigenvalue weighted by molar-refractivity contribution is -0.120. The number of aromatic nitrogens is 1. The van der Waals surface area contributed by atoms with E-state index in [0.717, 1.165) is 22.6 Å². The standard InChI is InChI=1S/C17H20N2O4S/c1-10-13(14(20)23-5)24-16(18-10)19-15(21)17(2,3)11-6-8-12(22-4)9-7-11/h6-9H,1-5H3,(H,18,19,21). The van der Waals surface area contributed by atoms with Crippen LogP contribution in [0.3, 0.4) is 0 Å². The lowest BCUT2D eigenvalue weighted by atomic mass is 9.84. The maximum absolute atomic E-state index is 12.7. The summed E-state index contributed by atoms with van der Waals surface area (Å²) in [7, 11) is 2.91. The molecule has 0 aliphatic rings. The number of rotatable bonds is 5. The monoisotopic (exact) mass is 348 g/mol. The summed E-state index contributed by atoms with van der Waals surface area (Å²) in [6.45, 7) is 5.35. The van der Waals surface area contributed by atoms with Crippen molar-refractivity contribution >= 4 is 28.3 Å². The normalized spacial score (nSPS) is 11.0. The number of hydrogen-bond acceptors (Lipinski definition) is 6. The molecule has 0 aliphatic heterocycles. The topological polar surface area (TPSA) is 77.5 Å². The van der Waals surface area contributed by atoms with Crippen molar-refractivity contribution in [2.75, 3.05) is 19.5 Å². The van der Waals surface area contributed by atoms with Gasteiger partial charge in [-0.25, -0.2) is 9.78 Å². The summed E-state index contributed by atoms with van der Waals surface area (Å²) in [6.07, 6.45) is 0. The first-order valence-electron chi connectivity index (χ1n) is 7.31. The summed E-state index contributed by atoms with van der Waals surface area (Å²) >= 11 is 1.10. The van der Waals surface area contributed by atoms with Crippen LogP contribution in [-0.4, -0.2) is 31.1 Å². The highest BCUT2D eigenvalue weighted by Crippen LogP contribution is 2.29. The van der Waals surface area contributed by atoms with Crippen LogP contribution in [0.4, 0.5) is 5.13 Å². The Hall–Kier alpha value is -2.41. The number of aryl methyl sites for hydroxylation is 1. The number of benzene rings is 1. The summed E-state index contributed by atoms with van der Waals surface area (Å²) in [5.74, 6) is 0.0611. The third-order valence-corrected chi connectivity index (χ3v) is 4.82. The molecule has 1 amide bonds. The molecule has 0 fully saturated rings. The van der Waals surface area contributed by atoms with Crippen LogP contribution in [0.2, 0.25) is 0 Å². The molecule has 0 saturated carbocycles. The fraction of sp³-hybridized carbons (Fsp3) is 0.353. The van der Waals surface area contributed by atoms with E-state index in [0.29, 0.717) is 15.7 Å². The van der Waals surface area contributed by atoms with E-state index in [1.807, 2.05) is 38.1 Å². The average Bonchev–Trinajstić information content (AvgIpc) is 2.94. The third-order valence-electron chi connectivity index (χ3n) is 3.77.